The highest BCUT2D eigenvalue weighted by molar-refractivity contribution is 5.19. The molecule has 6 atom stereocenters. The van der Waals surface area contributed by atoms with Crippen molar-refractivity contribution < 1.29 is 5.11 Å². The Hall–Kier alpha value is -0.0400. The molecule has 0 radical (unpaired) electrons. The van der Waals surface area contributed by atoms with Crippen molar-refractivity contribution in [3.05, 3.63) is 0 Å². The van der Waals surface area contributed by atoms with E-state index in [4.69, 9.17) is 0 Å². The van der Waals surface area contributed by atoms with Gasteiger partial charge >= 0.3 is 0 Å². The average Bonchev–Trinajstić information content (AvgIpc) is 2.15. The predicted molar refractivity (Wildman–Crippen MR) is 66.0 cm³/mol. The molecule has 0 saturated heterocycles. The second kappa shape index (κ2) is 3.04. The van der Waals surface area contributed by atoms with Crippen LogP contribution in [0.2, 0.25) is 0 Å². The Bertz CT molecular complexity index is 305. The second-order valence-corrected chi connectivity index (χ2v) is 7.51. The Balaban J connectivity index is 1.94. The molecule has 1 unspecified atom stereocenters. The van der Waals surface area contributed by atoms with Crippen LogP contribution >= 0.6 is 0 Å². The van der Waals surface area contributed by atoms with Crippen LogP contribution in [-0.4, -0.2) is 10.7 Å². The first kappa shape index (κ1) is 11.1. The average molecular weight is 222 g/mol. The van der Waals surface area contributed by atoms with Crippen LogP contribution in [0.4, 0.5) is 0 Å². The van der Waals surface area contributed by atoms with Crippen molar-refractivity contribution in [3.8, 4) is 0 Å². The molecule has 92 valence electrons. The van der Waals surface area contributed by atoms with Gasteiger partial charge in [-0.05, 0) is 67.6 Å². The minimum Gasteiger partial charge on any atom is -0.390 e. The monoisotopic (exact) mass is 222 g/mol. The van der Waals surface area contributed by atoms with Crippen LogP contribution in [0.15, 0.2) is 0 Å². The summed E-state index contributed by atoms with van der Waals surface area (Å²) in [4.78, 5) is 0. The van der Waals surface area contributed by atoms with E-state index < -0.39 is 0 Å². The SMILES string of the molecule is CC(C)[C@H]1CC[C@@]2(C)[C@@H]3CCC(C)(O)[C@H]2[C@H]13. The molecule has 1 nitrogen and oxygen atoms in total. The molecule has 0 aliphatic heterocycles. The summed E-state index contributed by atoms with van der Waals surface area (Å²) >= 11 is 0. The number of hydrogen-bond acceptors (Lipinski definition) is 1. The van der Waals surface area contributed by atoms with Gasteiger partial charge in [0, 0.05) is 0 Å². The quantitative estimate of drug-likeness (QED) is 0.720. The van der Waals surface area contributed by atoms with Crippen molar-refractivity contribution in [1.29, 1.82) is 0 Å². The molecule has 1 heteroatoms. The minimum absolute atomic E-state index is 0.373. The number of aliphatic hydroxyl groups is 1. The normalized spacial score (nSPS) is 59.6. The van der Waals surface area contributed by atoms with Crippen molar-refractivity contribution >= 4 is 0 Å². The molecule has 4 aliphatic rings. The van der Waals surface area contributed by atoms with Gasteiger partial charge in [-0.15, -0.1) is 0 Å². The zero-order valence-electron chi connectivity index (χ0n) is 11.2. The number of fused-ring (bicyclic) bond motifs is 2. The van der Waals surface area contributed by atoms with E-state index in [1.54, 1.807) is 0 Å². The largest absolute Gasteiger partial charge is 0.390 e. The van der Waals surface area contributed by atoms with E-state index in [1.165, 1.54) is 19.3 Å². The van der Waals surface area contributed by atoms with Crippen molar-refractivity contribution in [2.75, 3.05) is 0 Å². The van der Waals surface area contributed by atoms with Crippen LogP contribution in [0.25, 0.3) is 0 Å². The van der Waals surface area contributed by atoms with Crippen LogP contribution in [-0.2, 0) is 0 Å². The zero-order valence-corrected chi connectivity index (χ0v) is 11.2. The van der Waals surface area contributed by atoms with Gasteiger partial charge in [0.25, 0.3) is 0 Å². The fourth-order valence-corrected chi connectivity index (χ4v) is 5.81. The summed E-state index contributed by atoms with van der Waals surface area (Å²) in [7, 11) is 0. The van der Waals surface area contributed by atoms with Gasteiger partial charge < -0.3 is 5.11 Å². The first-order valence-electron chi connectivity index (χ1n) is 7.10. The maximum absolute atomic E-state index is 10.7. The lowest BCUT2D eigenvalue weighted by Crippen LogP contribution is -2.71. The van der Waals surface area contributed by atoms with Gasteiger partial charge in [-0.2, -0.15) is 0 Å². The third kappa shape index (κ3) is 1.11. The molecule has 0 aromatic heterocycles. The third-order valence-electron chi connectivity index (χ3n) is 6.41. The summed E-state index contributed by atoms with van der Waals surface area (Å²) < 4.78 is 0. The Labute approximate surface area is 99.6 Å². The fourth-order valence-electron chi connectivity index (χ4n) is 5.81. The van der Waals surface area contributed by atoms with Crippen LogP contribution in [0, 0.1) is 35.0 Å². The molecular formula is C15H26O. The molecule has 0 aromatic rings. The van der Waals surface area contributed by atoms with Gasteiger partial charge in [0.05, 0.1) is 5.60 Å². The van der Waals surface area contributed by atoms with E-state index in [-0.39, 0.29) is 5.60 Å². The van der Waals surface area contributed by atoms with Gasteiger partial charge in [0.2, 0.25) is 0 Å². The molecule has 1 N–H and O–H groups in total. The van der Waals surface area contributed by atoms with Crippen LogP contribution in [0.5, 0.6) is 0 Å². The standard InChI is InChI=1S/C15H26O/c1-9(2)10-5-7-14(3)11-6-8-15(4,16)13(14)12(10)11/h9-13,16H,5-8H2,1-4H3/t10-,11-,12-,13+,14+,15?/m1/s1. The molecule has 16 heavy (non-hydrogen) atoms. The lowest BCUT2D eigenvalue weighted by atomic mass is 9.32. The Kier molecular flexibility index (Phi) is 2.11. The maximum atomic E-state index is 10.7. The molecule has 0 amide bonds. The van der Waals surface area contributed by atoms with E-state index in [0.29, 0.717) is 11.3 Å². The van der Waals surface area contributed by atoms with Gasteiger partial charge in [-0.3, -0.25) is 0 Å². The predicted octanol–water partition coefficient (Wildman–Crippen LogP) is 3.47. The van der Waals surface area contributed by atoms with Gasteiger partial charge in [-0.1, -0.05) is 20.8 Å². The fraction of sp³-hybridized carbons (Fsp3) is 1.00. The van der Waals surface area contributed by atoms with E-state index in [1.807, 2.05) is 0 Å². The smallest absolute Gasteiger partial charge is 0.0656 e. The van der Waals surface area contributed by atoms with Crippen molar-refractivity contribution in [3.63, 3.8) is 0 Å². The topological polar surface area (TPSA) is 20.2 Å². The molecule has 4 bridgehead atoms. The Morgan fingerprint density at radius 2 is 1.81 bits per heavy atom. The van der Waals surface area contributed by atoms with Crippen molar-refractivity contribution in [2.45, 2.75) is 59.0 Å². The molecule has 4 aliphatic carbocycles. The lowest BCUT2D eigenvalue weighted by Gasteiger charge is -2.74. The second-order valence-electron chi connectivity index (χ2n) is 7.51. The van der Waals surface area contributed by atoms with Crippen molar-refractivity contribution in [1.82, 2.24) is 0 Å². The molecule has 0 aromatic carbocycles. The molecule has 4 fully saturated rings. The molecule has 4 saturated carbocycles. The number of hydrogen-bond donors (Lipinski definition) is 1. The van der Waals surface area contributed by atoms with Crippen molar-refractivity contribution in [2.24, 2.45) is 35.0 Å². The summed E-state index contributed by atoms with van der Waals surface area (Å²) in [6, 6.07) is 0. The highest BCUT2D eigenvalue weighted by Crippen LogP contribution is 2.74. The Morgan fingerprint density at radius 3 is 2.38 bits per heavy atom. The third-order valence-corrected chi connectivity index (χ3v) is 6.41. The number of rotatable bonds is 1. The van der Waals surface area contributed by atoms with Gasteiger partial charge in [0.15, 0.2) is 0 Å². The minimum atomic E-state index is -0.373. The van der Waals surface area contributed by atoms with E-state index in [2.05, 4.69) is 27.7 Å². The lowest BCUT2D eigenvalue weighted by molar-refractivity contribution is -0.291. The molecule has 4 rings (SSSR count). The summed E-state index contributed by atoms with van der Waals surface area (Å²) in [6.07, 6.45) is 5.08. The molecular weight excluding hydrogens is 196 g/mol. The van der Waals surface area contributed by atoms with Crippen LogP contribution < -0.4 is 0 Å². The summed E-state index contributed by atoms with van der Waals surface area (Å²) in [5, 5.41) is 10.7. The molecule has 0 heterocycles. The first-order chi connectivity index (χ1) is 7.38. The van der Waals surface area contributed by atoms with Crippen LogP contribution in [0.3, 0.4) is 0 Å². The zero-order chi connectivity index (χ0) is 11.7. The summed E-state index contributed by atoms with van der Waals surface area (Å²) in [5.41, 5.74) is 0.111. The molecule has 0 spiro atoms. The van der Waals surface area contributed by atoms with E-state index in [9.17, 15) is 5.11 Å². The summed E-state index contributed by atoms with van der Waals surface area (Å²) in [5.74, 6) is 4.04. The van der Waals surface area contributed by atoms with E-state index in [0.717, 1.165) is 30.1 Å². The Morgan fingerprint density at radius 1 is 1.12 bits per heavy atom. The first-order valence-corrected chi connectivity index (χ1v) is 7.10. The summed E-state index contributed by atoms with van der Waals surface area (Å²) in [6.45, 7) is 9.29. The van der Waals surface area contributed by atoms with Crippen LogP contribution in [0.1, 0.15) is 53.4 Å². The van der Waals surface area contributed by atoms with E-state index >= 15 is 0 Å². The highest BCUT2D eigenvalue weighted by atomic mass is 16.3. The maximum Gasteiger partial charge on any atom is 0.0656 e. The van der Waals surface area contributed by atoms with Gasteiger partial charge in [0.1, 0.15) is 0 Å². The highest BCUT2D eigenvalue weighted by Gasteiger charge is 2.70. The van der Waals surface area contributed by atoms with Gasteiger partial charge in [-0.25, -0.2) is 0 Å².